The Morgan fingerprint density at radius 1 is 0.900 bits per heavy atom. The van der Waals surface area contributed by atoms with Gasteiger partial charge in [-0.1, -0.05) is 0 Å². The maximum absolute atomic E-state index is 13.1. The minimum Gasteiger partial charge on any atom is -0.289 e. The zero-order valence-corrected chi connectivity index (χ0v) is 10.6. The molecule has 6 heteroatoms. The average Bonchev–Trinajstić information content (AvgIpc) is 2.37. The highest BCUT2D eigenvalue weighted by Gasteiger charge is 2.30. The van der Waals surface area contributed by atoms with Crippen molar-refractivity contribution >= 4 is 31.5 Å². The van der Waals surface area contributed by atoms with Crippen molar-refractivity contribution in [2.75, 3.05) is 0 Å². The number of alkyl halides is 3. The molecule has 0 aliphatic heterocycles. The SMILES string of the molecule is O=c1c2ccc(F)cc2sc2ccc(C(F)(F)F)cc12. The second kappa shape index (κ2) is 4.28. The van der Waals surface area contributed by atoms with E-state index in [1.54, 1.807) is 0 Å². The first-order chi connectivity index (χ1) is 9.36. The van der Waals surface area contributed by atoms with Crippen LogP contribution < -0.4 is 5.43 Å². The summed E-state index contributed by atoms with van der Waals surface area (Å²) in [5, 5.41) is 0.229. The molecule has 0 saturated carbocycles. The molecular formula is C14H6F4OS. The van der Waals surface area contributed by atoms with Gasteiger partial charge < -0.3 is 0 Å². The highest BCUT2D eigenvalue weighted by molar-refractivity contribution is 7.24. The normalized spacial score (nSPS) is 12.2. The highest BCUT2D eigenvalue weighted by atomic mass is 32.1. The zero-order chi connectivity index (χ0) is 14.5. The lowest BCUT2D eigenvalue weighted by Crippen LogP contribution is -2.07. The molecule has 0 radical (unpaired) electrons. The molecular weight excluding hydrogens is 292 g/mol. The van der Waals surface area contributed by atoms with Crippen molar-refractivity contribution in [1.29, 1.82) is 0 Å². The van der Waals surface area contributed by atoms with Crippen molar-refractivity contribution in [1.82, 2.24) is 0 Å². The van der Waals surface area contributed by atoms with E-state index in [1.807, 2.05) is 0 Å². The summed E-state index contributed by atoms with van der Waals surface area (Å²) >= 11 is 1.09. The predicted molar refractivity (Wildman–Crippen MR) is 70.6 cm³/mol. The van der Waals surface area contributed by atoms with Crippen LogP contribution >= 0.6 is 11.3 Å². The lowest BCUT2D eigenvalue weighted by molar-refractivity contribution is -0.137. The predicted octanol–water partition coefficient (Wildman–Crippen LogP) is 4.57. The molecule has 0 fully saturated rings. The number of halogens is 4. The van der Waals surface area contributed by atoms with Gasteiger partial charge in [0.05, 0.1) is 5.56 Å². The minimum atomic E-state index is -4.50. The summed E-state index contributed by atoms with van der Waals surface area (Å²) in [5.41, 5.74) is -1.38. The fourth-order valence-corrected chi connectivity index (χ4v) is 3.08. The van der Waals surface area contributed by atoms with Crippen LogP contribution in [-0.2, 0) is 6.18 Å². The van der Waals surface area contributed by atoms with E-state index >= 15 is 0 Å². The van der Waals surface area contributed by atoms with E-state index in [0.717, 1.165) is 29.5 Å². The van der Waals surface area contributed by atoms with Crippen LogP contribution in [0.15, 0.2) is 41.2 Å². The van der Waals surface area contributed by atoms with Gasteiger partial charge >= 0.3 is 6.18 Å². The second-order valence-electron chi connectivity index (χ2n) is 4.28. The van der Waals surface area contributed by atoms with E-state index in [9.17, 15) is 22.4 Å². The summed E-state index contributed by atoms with van der Waals surface area (Å²) in [6, 6.07) is 6.63. The topological polar surface area (TPSA) is 17.1 Å². The molecule has 102 valence electrons. The molecule has 0 atom stereocenters. The van der Waals surface area contributed by atoms with Gasteiger partial charge in [-0.2, -0.15) is 13.2 Å². The Morgan fingerprint density at radius 2 is 1.65 bits per heavy atom. The maximum atomic E-state index is 13.1. The van der Waals surface area contributed by atoms with Crippen LogP contribution in [0.5, 0.6) is 0 Å². The molecule has 20 heavy (non-hydrogen) atoms. The van der Waals surface area contributed by atoms with Crippen molar-refractivity contribution in [3.63, 3.8) is 0 Å². The minimum absolute atomic E-state index is 0.00364. The lowest BCUT2D eigenvalue weighted by atomic mass is 10.1. The lowest BCUT2D eigenvalue weighted by Gasteiger charge is -2.07. The monoisotopic (exact) mass is 298 g/mol. The van der Waals surface area contributed by atoms with E-state index in [1.165, 1.54) is 18.2 Å². The van der Waals surface area contributed by atoms with E-state index in [4.69, 9.17) is 0 Å². The maximum Gasteiger partial charge on any atom is 0.416 e. The quantitative estimate of drug-likeness (QED) is 0.439. The number of hydrogen-bond donors (Lipinski definition) is 0. The molecule has 0 aliphatic carbocycles. The summed E-state index contributed by atoms with van der Waals surface area (Å²) < 4.78 is 52.0. The first-order valence-electron chi connectivity index (χ1n) is 5.59. The standard InChI is InChI=1S/C14H6F4OS/c15-8-2-3-9-12(6-8)20-11-4-1-7(14(16,17)18)5-10(11)13(9)19/h1-6H. The van der Waals surface area contributed by atoms with Crippen molar-refractivity contribution in [3.05, 3.63) is 58.0 Å². The third-order valence-electron chi connectivity index (χ3n) is 2.96. The molecule has 0 spiro atoms. The van der Waals surface area contributed by atoms with E-state index in [0.29, 0.717) is 9.40 Å². The molecule has 0 N–H and O–H groups in total. The summed E-state index contributed by atoms with van der Waals surface area (Å²) in [4.78, 5) is 12.2. The van der Waals surface area contributed by atoms with Crippen LogP contribution in [0.3, 0.4) is 0 Å². The van der Waals surface area contributed by atoms with Crippen LogP contribution in [0.2, 0.25) is 0 Å². The summed E-state index contributed by atoms with van der Waals surface area (Å²) in [6.07, 6.45) is -4.50. The Morgan fingerprint density at radius 3 is 2.35 bits per heavy atom. The van der Waals surface area contributed by atoms with Crippen LogP contribution in [0.25, 0.3) is 20.2 Å². The molecule has 0 amide bonds. The first-order valence-corrected chi connectivity index (χ1v) is 6.41. The molecule has 0 saturated heterocycles. The van der Waals surface area contributed by atoms with Crippen molar-refractivity contribution in [2.45, 2.75) is 6.18 Å². The number of rotatable bonds is 0. The average molecular weight is 298 g/mol. The molecule has 0 unspecified atom stereocenters. The largest absolute Gasteiger partial charge is 0.416 e. The van der Waals surface area contributed by atoms with Gasteiger partial charge in [0.25, 0.3) is 0 Å². The van der Waals surface area contributed by atoms with E-state index in [-0.39, 0.29) is 10.8 Å². The second-order valence-corrected chi connectivity index (χ2v) is 5.36. The van der Waals surface area contributed by atoms with Crippen LogP contribution in [0, 0.1) is 5.82 Å². The van der Waals surface area contributed by atoms with Crippen LogP contribution in [0.1, 0.15) is 5.56 Å². The zero-order valence-electron chi connectivity index (χ0n) is 9.79. The Hall–Kier alpha value is -1.95. The van der Waals surface area contributed by atoms with Gasteiger partial charge in [0.15, 0.2) is 5.43 Å². The molecule has 1 aromatic heterocycles. The number of fused-ring (bicyclic) bond motifs is 2. The van der Waals surface area contributed by atoms with Gasteiger partial charge in [-0.05, 0) is 36.4 Å². The Labute approximate surface area is 114 Å². The molecule has 3 aromatic rings. The summed E-state index contributed by atoms with van der Waals surface area (Å²) in [7, 11) is 0. The van der Waals surface area contributed by atoms with Gasteiger partial charge in [-0.15, -0.1) is 11.3 Å². The van der Waals surface area contributed by atoms with Crippen molar-refractivity contribution in [2.24, 2.45) is 0 Å². The summed E-state index contributed by atoms with van der Waals surface area (Å²) in [5.74, 6) is -0.487. The fourth-order valence-electron chi connectivity index (χ4n) is 2.00. The molecule has 1 heterocycles. The Balaban J connectivity index is 2.42. The first kappa shape index (κ1) is 13.1. The van der Waals surface area contributed by atoms with Gasteiger partial charge in [0, 0.05) is 20.2 Å². The Kier molecular flexibility index (Phi) is 2.79. The van der Waals surface area contributed by atoms with Gasteiger partial charge in [0.2, 0.25) is 0 Å². The molecule has 1 nitrogen and oxygen atoms in total. The smallest absolute Gasteiger partial charge is 0.289 e. The van der Waals surface area contributed by atoms with Crippen LogP contribution in [0.4, 0.5) is 17.6 Å². The van der Waals surface area contributed by atoms with Crippen molar-refractivity contribution < 1.29 is 17.6 Å². The van der Waals surface area contributed by atoms with Gasteiger partial charge in [-0.25, -0.2) is 4.39 Å². The summed E-state index contributed by atoms with van der Waals surface area (Å²) in [6.45, 7) is 0. The molecule has 0 aliphatic rings. The molecule has 0 bridgehead atoms. The van der Waals surface area contributed by atoms with Gasteiger partial charge in [0.1, 0.15) is 5.82 Å². The molecule has 2 aromatic carbocycles. The third-order valence-corrected chi connectivity index (χ3v) is 4.09. The number of benzene rings is 2. The molecule has 3 rings (SSSR count). The fraction of sp³-hybridized carbons (Fsp3) is 0.0714. The van der Waals surface area contributed by atoms with Crippen LogP contribution in [-0.4, -0.2) is 0 Å². The Bertz CT molecular complexity index is 880. The third kappa shape index (κ3) is 2.06. The highest BCUT2D eigenvalue weighted by Crippen LogP contribution is 2.33. The van der Waals surface area contributed by atoms with E-state index in [2.05, 4.69) is 0 Å². The van der Waals surface area contributed by atoms with Crippen molar-refractivity contribution in [3.8, 4) is 0 Å². The van der Waals surface area contributed by atoms with E-state index < -0.39 is 23.0 Å². The number of hydrogen-bond acceptors (Lipinski definition) is 2. The van der Waals surface area contributed by atoms with Gasteiger partial charge in [-0.3, -0.25) is 4.79 Å².